The molecule has 2 heteroatoms. The number of aryl methyl sites for hydroxylation is 1. The Balaban J connectivity index is 2.43. The maximum atomic E-state index is 9.60. The predicted molar refractivity (Wildman–Crippen MR) is 66.8 cm³/mol. The van der Waals surface area contributed by atoms with Gasteiger partial charge in [0, 0.05) is 0 Å². The Labute approximate surface area is 98.3 Å². The van der Waals surface area contributed by atoms with E-state index >= 15 is 0 Å². The van der Waals surface area contributed by atoms with Crippen LogP contribution in [0, 0.1) is 5.92 Å². The number of hydrogen-bond acceptors (Lipinski definition) is 2. The molecular formula is C14H22O2. The number of rotatable bonds is 6. The molecule has 0 amide bonds. The number of benzene rings is 1. The topological polar surface area (TPSA) is 29.5 Å². The third kappa shape index (κ3) is 4.23. The van der Waals surface area contributed by atoms with E-state index in [1.165, 1.54) is 5.56 Å². The lowest BCUT2D eigenvalue weighted by Crippen LogP contribution is -2.23. The smallest absolute Gasteiger partial charge is 0.119 e. The van der Waals surface area contributed by atoms with Gasteiger partial charge in [-0.05, 0) is 30.0 Å². The molecule has 1 N–H and O–H groups in total. The minimum atomic E-state index is -0.393. The van der Waals surface area contributed by atoms with Gasteiger partial charge in [-0.25, -0.2) is 0 Å². The Kier molecular flexibility index (Phi) is 5.33. The molecule has 0 aliphatic rings. The Morgan fingerprint density at radius 1 is 1.19 bits per heavy atom. The third-order valence-corrected chi connectivity index (χ3v) is 2.65. The van der Waals surface area contributed by atoms with Crippen LogP contribution in [0.4, 0.5) is 0 Å². The molecular weight excluding hydrogens is 200 g/mol. The fourth-order valence-electron chi connectivity index (χ4n) is 1.42. The van der Waals surface area contributed by atoms with Gasteiger partial charge in [0.05, 0.1) is 6.10 Å². The van der Waals surface area contributed by atoms with Crippen molar-refractivity contribution in [1.29, 1.82) is 0 Å². The highest BCUT2D eigenvalue weighted by molar-refractivity contribution is 5.27. The summed E-state index contributed by atoms with van der Waals surface area (Å²) in [5, 5.41) is 9.60. The van der Waals surface area contributed by atoms with Crippen molar-refractivity contribution in [3.05, 3.63) is 29.8 Å². The second-order valence-electron chi connectivity index (χ2n) is 4.52. The van der Waals surface area contributed by atoms with E-state index in [-0.39, 0.29) is 5.92 Å². The minimum absolute atomic E-state index is 0.236. The minimum Gasteiger partial charge on any atom is -0.491 e. The summed E-state index contributed by atoms with van der Waals surface area (Å²) in [7, 11) is 0. The summed E-state index contributed by atoms with van der Waals surface area (Å²) in [4.78, 5) is 0. The predicted octanol–water partition coefficient (Wildman–Crippen LogP) is 3.03. The highest BCUT2D eigenvalue weighted by atomic mass is 16.5. The molecule has 0 aliphatic heterocycles. The van der Waals surface area contributed by atoms with Gasteiger partial charge in [-0.15, -0.1) is 0 Å². The molecule has 0 bridgehead atoms. The van der Waals surface area contributed by atoms with Crippen LogP contribution in [-0.2, 0) is 6.42 Å². The van der Waals surface area contributed by atoms with Crippen molar-refractivity contribution in [2.75, 3.05) is 6.61 Å². The summed E-state index contributed by atoms with van der Waals surface area (Å²) in [6, 6.07) is 8.11. The zero-order valence-corrected chi connectivity index (χ0v) is 10.4. The van der Waals surface area contributed by atoms with Crippen LogP contribution in [-0.4, -0.2) is 17.8 Å². The molecule has 0 fully saturated rings. The summed E-state index contributed by atoms with van der Waals surface area (Å²) in [6.07, 6.45) is 1.87. The van der Waals surface area contributed by atoms with Gasteiger partial charge in [0.2, 0.25) is 0 Å². The molecule has 1 unspecified atom stereocenters. The Morgan fingerprint density at radius 2 is 1.81 bits per heavy atom. The SMILES string of the molecule is CCCc1ccc(OCC(O)C(C)C)cc1. The Morgan fingerprint density at radius 3 is 2.31 bits per heavy atom. The summed E-state index contributed by atoms with van der Waals surface area (Å²) in [5.41, 5.74) is 1.33. The quantitative estimate of drug-likeness (QED) is 0.801. The maximum Gasteiger partial charge on any atom is 0.119 e. The van der Waals surface area contributed by atoms with Crippen LogP contribution in [0.3, 0.4) is 0 Å². The lowest BCUT2D eigenvalue weighted by molar-refractivity contribution is 0.0701. The van der Waals surface area contributed by atoms with Crippen molar-refractivity contribution in [2.45, 2.75) is 39.7 Å². The molecule has 1 aromatic carbocycles. The van der Waals surface area contributed by atoms with Gasteiger partial charge in [0.25, 0.3) is 0 Å². The van der Waals surface area contributed by atoms with Crippen molar-refractivity contribution in [3.8, 4) is 5.75 Å². The maximum absolute atomic E-state index is 9.60. The monoisotopic (exact) mass is 222 g/mol. The van der Waals surface area contributed by atoms with Crippen molar-refractivity contribution in [3.63, 3.8) is 0 Å². The van der Waals surface area contributed by atoms with Gasteiger partial charge in [-0.3, -0.25) is 0 Å². The van der Waals surface area contributed by atoms with E-state index in [9.17, 15) is 5.11 Å². The van der Waals surface area contributed by atoms with Crippen molar-refractivity contribution < 1.29 is 9.84 Å². The first-order chi connectivity index (χ1) is 7.63. The molecule has 0 aliphatic carbocycles. The fraction of sp³-hybridized carbons (Fsp3) is 0.571. The normalized spacial score (nSPS) is 12.8. The molecule has 1 aromatic rings. The average Bonchev–Trinajstić information content (AvgIpc) is 2.28. The van der Waals surface area contributed by atoms with E-state index in [1.54, 1.807) is 0 Å². The van der Waals surface area contributed by atoms with E-state index < -0.39 is 6.10 Å². The molecule has 0 radical (unpaired) electrons. The lowest BCUT2D eigenvalue weighted by Gasteiger charge is -2.15. The Hall–Kier alpha value is -1.02. The van der Waals surface area contributed by atoms with E-state index in [0.717, 1.165) is 18.6 Å². The zero-order valence-electron chi connectivity index (χ0n) is 10.4. The van der Waals surface area contributed by atoms with Gasteiger partial charge in [0.1, 0.15) is 12.4 Å². The molecule has 0 spiro atoms. The van der Waals surface area contributed by atoms with Gasteiger partial charge in [-0.1, -0.05) is 39.3 Å². The number of aliphatic hydroxyl groups is 1. The van der Waals surface area contributed by atoms with Gasteiger partial charge >= 0.3 is 0 Å². The van der Waals surface area contributed by atoms with Crippen LogP contribution in [0.5, 0.6) is 5.75 Å². The number of ether oxygens (including phenoxy) is 1. The zero-order chi connectivity index (χ0) is 12.0. The van der Waals surface area contributed by atoms with Crippen molar-refractivity contribution >= 4 is 0 Å². The summed E-state index contributed by atoms with van der Waals surface area (Å²) in [5.74, 6) is 1.07. The van der Waals surface area contributed by atoms with E-state index in [2.05, 4.69) is 19.1 Å². The number of aliphatic hydroxyl groups excluding tert-OH is 1. The molecule has 1 rings (SSSR count). The summed E-state index contributed by atoms with van der Waals surface area (Å²) >= 11 is 0. The van der Waals surface area contributed by atoms with Crippen LogP contribution in [0.25, 0.3) is 0 Å². The second kappa shape index (κ2) is 6.54. The first kappa shape index (κ1) is 13.0. The van der Waals surface area contributed by atoms with Gasteiger partial charge < -0.3 is 9.84 Å². The van der Waals surface area contributed by atoms with E-state index in [4.69, 9.17) is 4.74 Å². The van der Waals surface area contributed by atoms with Crippen LogP contribution in [0.1, 0.15) is 32.8 Å². The second-order valence-corrected chi connectivity index (χ2v) is 4.52. The highest BCUT2D eigenvalue weighted by Crippen LogP contribution is 2.14. The van der Waals surface area contributed by atoms with E-state index in [0.29, 0.717) is 6.61 Å². The molecule has 0 saturated heterocycles. The van der Waals surface area contributed by atoms with Crippen LogP contribution < -0.4 is 4.74 Å². The van der Waals surface area contributed by atoms with Crippen LogP contribution >= 0.6 is 0 Å². The summed E-state index contributed by atoms with van der Waals surface area (Å²) in [6.45, 7) is 6.50. The fourth-order valence-corrected chi connectivity index (χ4v) is 1.42. The molecule has 1 atom stereocenters. The largest absolute Gasteiger partial charge is 0.491 e. The molecule has 16 heavy (non-hydrogen) atoms. The van der Waals surface area contributed by atoms with Crippen LogP contribution in [0.15, 0.2) is 24.3 Å². The van der Waals surface area contributed by atoms with Gasteiger partial charge in [-0.2, -0.15) is 0 Å². The van der Waals surface area contributed by atoms with Crippen molar-refractivity contribution in [2.24, 2.45) is 5.92 Å². The van der Waals surface area contributed by atoms with E-state index in [1.807, 2.05) is 26.0 Å². The molecule has 0 heterocycles. The summed E-state index contributed by atoms with van der Waals surface area (Å²) < 4.78 is 5.51. The van der Waals surface area contributed by atoms with Crippen LogP contribution in [0.2, 0.25) is 0 Å². The molecule has 0 saturated carbocycles. The average molecular weight is 222 g/mol. The first-order valence-electron chi connectivity index (χ1n) is 6.03. The standard InChI is InChI=1S/C14H22O2/c1-4-5-12-6-8-13(9-7-12)16-10-14(15)11(2)3/h6-9,11,14-15H,4-5,10H2,1-3H3. The third-order valence-electron chi connectivity index (χ3n) is 2.65. The lowest BCUT2D eigenvalue weighted by atomic mass is 10.1. The first-order valence-corrected chi connectivity index (χ1v) is 6.03. The van der Waals surface area contributed by atoms with Crippen molar-refractivity contribution in [1.82, 2.24) is 0 Å². The molecule has 2 nitrogen and oxygen atoms in total. The molecule has 90 valence electrons. The van der Waals surface area contributed by atoms with Gasteiger partial charge in [0.15, 0.2) is 0 Å². The highest BCUT2D eigenvalue weighted by Gasteiger charge is 2.09. The Bertz CT molecular complexity index is 290. The molecule has 0 aromatic heterocycles. The number of hydrogen-bond donors (Lipinski definition) is 1.